The van der Waals surface area contributed by atoms with Gasteiger partial charge in [-0.15, -0.1) is 0 Å². The summed E-state index contributed by atoms with van der Waals surface area (Å²) in [6.07, 6.45) is 3.73. The van der Waals surface area contributed by atoms with Crippen molar-refractivity contribution in [2.75, 3.05) is 6.54 Å². The molecule has 2 aromatic rings. The summed E-state index contributed by atoms with van der Waals surface area (Å²) >= 11 is 9.37. The quantitative estimate of drug-likeness (QED) is 0.808. The molecular weight excluding hydrogens is 336 g/mol. The Balaban J connectivity index is 2.14. The van der Waals surface area contributed by atoms with Gasteiger partial charge in [0.05, 0.1) is 16.8 Å². The fraction of sp³-hybridized carbons (Fsp3) is 0.312. The van der Waals surface area contributed by atoms with Gasteiger partial charge in [0, 0.05) is 10.7 Å². The minimum absolute atomic E-state index is 0.216. The molecule has 0 saturated carbocycles. The second kappa shape index (κ2) is 7.77. The highest BCUT2D eigenvalue weighted by molar-refractivity contribution is 9.10. The molecule has 0 fully saturated rings. The number of benzene rings is 1. The van der Waals surface area contributed by atoms with E-state index in [1.165, 1.54) is 5.56 Å². The van der Waals surface area contributed by atoms with Crippen molar-refractivity contribution in [1.82, 2.24) is 10.3 Å². The lowest BCUT2D eigenvalue weighted by atomic mass is 10.0. The Morgan fingerprint density at radius 2 is 1.95 bits per heavy atom. The van der Waals surface area contributed by atoms with Gasteiger partial charge in [-0.2, -0.15) is 0 Å². The van der Waals surface area contributed by atoms with E-state index in [2.05, 4.69) is 57.4 Å². The zero-order chi connectivity index (χ0) is 14.4. The van der Waals surface area contributed by atoms with Gasteiger partial charge in [-0.1, -0.05) is 46.6 Å². The highest BCUT2D eigenvalue weighted by Crippen LogP contribution is 2.20. The van der Waals surface area contributed by atoms with E-state index >= 15 is 0 Å². The monoisotopic (exact) mass is 352 g/mol. The third kappa shape index (κ3) is 4.58. The first kappa shape index (κ1) is 15.5. The van der Waals surface area contributed by atoms with E-state index in [0.717, 1.165) is 29.6 Å². The highest BCUT2D eigenvalue weighted by atomic mass is 79.9. The highest BCUT2D eigenvalue weighted by Gasteiger charge is 2.12. The molecule has 1 aromatic carbocycles. The molecule has 1 N–H and O–H groups in total. The van der Waals surface area contributed by atoms with Crippen LogP contribution >= 0.6 is 27.5 Å². The first-order chi connectivity index (χ1) is 9.69. The number of nitrogens with one attached hydrogen (secondary N) is 1. The third-order valence-corrected chi connectivity index (χ3v) is 3.85. The molecule has 20 heavy (non-hydrogen) atoms. The minimum atomic E-state index is 0.216. The van der Waals surface area contributed by atoms with Crippen molar-refractivity contribution in [3.8, 4) is 0 Å². The summed E-state index contributed by atoms with van der Waals surface area (Å²) in [5.74, 6) is 0. The van der Waals surface area contributed by atoms with Crippen molar-refractivity contribution in [3.05, 3.63) is 63.3 Å². The van der Waals surface area contributed by atoms with Crippen LogP contribution in [0.3, 0.4) is 0 Å². The van der Waals surface area contributed by atoms with Crippen LogP contribution in [0.1, 0.15) is 30.6 Å². The Labute approximate surface area is 133 Å². The maximum absolute atomic E-state index is 5.91. The van der Waals surface area contributed by atoms with Gasteiger partial charge >= 0.3 is 0 Å². The Hall–Kier alpha value is -0.900. The summed E-state index contributed by atoms with van der Waals surface area (Å²) in [7, 11) is 0. The summed E-state index contributed by atoms with van der Waals surface area (Å²) in [6.45, 7) is 3.14. The maximum atomic E-state index is 5.91. The molecule has 2 rings (SSSR count). The first-order valence-corrected chi connectivity index (χ1v) is 7.95. The summed E-state index contributed by atoms with van der Waals surface area (Å²) in [5.41, 5.74) is 2.32. The molecule has 1 aromatic heterocycles. The normalized spacial score (nSPS) is 12.3. The van der Waals surface area contributed by atoms with Gasteiger partial charge in [0.1, 0.15) is 0 Å². The predicted octanol–water partition coefficient (Wildman–Crippen LogP) is 4.78. The van der Waals surface area contributed by atoms with Crippen LogP contribution in [0.5, 0.6) is 0 Å². The predicted molar refractivity (Wildman–Crippen MR) is 88.1 cm³/mol. The first-order valence-electron chi connectivity index (χ1n) is 6.78. The lowest BCUT2D eigenvalue weighted by molar-refractivity contribution is 0.518. The van der Waals surface area contributed by atoms with Crippen LogP contribution in [0.2, 0.25) is 5.02 Å². The molecule has 0 aliphatic rings. The molecule has 4 heteroatoms. The smallest absolute Gasteiger partial charge is 0.0589 e. The lowest BCUT2D eigenvalue weighted by Crippen LogP contribution is -2.24. The maximum Gasteiger partial charge on any atom is 0.0589 e. The van der Waals surface area contributed by atoms with Crippen molar-refractivity contribution in [2.24, 2.45) is 0 Å². The molecule has 106 valence electrons. The van der Waals surface area contributed by atoms with Crippen LogP contribution in [0.25, 0.3) is 0 Å². The van der Waals surface area contributed by atoms with Crippen LogP contribution in [-0.4, -0.2) is 11.5 Å². The summed E-state index contributed by atoms with van der Waals surface area (Å²) in [6, 6.07) is 12.5. The van der Waals surface area contributed by atoms with Gasteiger partial charge in [0.15, 0.2) is 0 Å². The lowest BCUT2D eigenvalue weighted by Gasteiger charge is -2.18. The van der Waals surface area contributed by atoms with Crippen LogP contribution in [0.4, 0.5) is 0 Å². The van der Waals surface area contributed by atoms with E-state index in [1.807, 2.05) is 12.1 Å². The van der Waals surface area contributed by atoms with Crippen LogP contribution in [-0.2, 0) is 6.42 Å². The molecular formula is C16H18BrClN2. The fourth-order valence-electron chi connectivity index (χ4n) is 2.05. The van der Waals surface area contributed by atoms with E-state index in [4.69, 9.17) is 11.6 Å². The Kier molecular flexibility index (Phi) is 6.02. The number of hydrogen-bond donors (Lipinski definition) is 1. The zero-order valence-corrected chi connectivity index (χ0v) is 13.8. The second-order valence-corrected chi connectivity index (χ2v) is 6.09. The molecule has 0 saturated heterocycles. The van der Waals surface area contributed by atoms with E-state index in [1.54, 1.807) is 6.20 Å². The average Bonchev–Trinajstić information content (AvgIpc) is 2.46. The zero-order valence-electron chi connectivity index (χ0n) is 11.4. The molecule has 0 radical (unpaired) electrons. The van der Waals surface area contributed by atoms with E-state index in [0.29, 0.717) is 5.02 Å². The number of nitrogens with zero attached hydrogens (tertiary/aromatic N) is 1. The van der Waals surface area contributed by atoms with E-state index in [-0.39, 0.29) is 6.04 Å². The van der Waals surface area contributed by atoms with Crippen molar-refractivity contribution in [2.45, 2.75) is 25.8 Å². The van der Waals surface area contributed by atoms with E-state index in [9.17, 15) is 0 Å². The van der Waals surface area contributed by atoms with Crippen molar-refractivity contribution < 1.29 is 0 Å². The van der Waals surface area contributed by atoms with Crippen LogP contribution < -0.4 is 5.32 Å². The number of rotatable bonds is 6. The topological polar surface area (TPSA) is 24.9 Å². The molecule has 1 heterocycles. The van der Waals surface area contributed by atoms with Gasteiger partial charge < -0.3 is 5.32 Å². The standard InChI is InChI=1S/C16H18BrClN2/c1-2-9-19-16(15-8-7-14(18)11-20-15)10-12-3-5-13(17)6-4-12/h3-8,11,16,19H,2,9-10H2,1H3. The van der Waals surface area contributed by atoms with Crippen LogP contribution in [0.15, 0.2) is 47.1 Å². The van der Waals surface area contributed by atoms with Gasteiger partial charge in [-0.3, -0.25) is 4.98 Å². The molecule has 0 amide bonds. The SMILES string of the molecule is CCCNC(Cc1ccc(Br)cc1)c1ccc(Cl)cn1. The molecule has 2 nitrogen and oxygen atoms in total. The summed E-state index contributed by atoms with van der Waals surface area (Å²) < 4.78 is 1.10. The number of aromatic nitrogens is 1. The molecule has 1 atom stereocenters. The van der Waals surface area contributed by atoms with Gasteiger partial charge in [0.25, 0.3) is 0 Å². The Morgan fingerprint density at radius 3 is 2.55 bits per heavy atom. The molecule has 0 aliphatic heterocycles. The van der Waals surface area contributed by atoms with E-state index < -0.39 is 0 Å². The molecule has 0 spiro atoms. The molecule has 0 bridgehead atoms. The van der Waals surface area contributed by atoms with Crippen molar-refractivity contribution in [1.29, 1.82) is 0 Å². The second-order valence-electron chi connectivity index (χ2n) is 4.74. The largest absolute Gasteiger partial charge is 0.308 e. The van der Waals surface area contributed by atoms with Crippen molar-refractivity contribution in [3.63, 3.8) is 0 Å². The Bertz CT molecular complexity index is 525. The molecule has 1 unspecified atom stereocenters. The fourth-order valence-corrected chi connectivity index (χ4v) is 2.43. The molecule has 0 aliphatic carbocycles. The number of hydrogen-bond acceptors (Lipinski definition) is 2. The van der Waals surface area contributed by atoms with Gasteiger partial charge in [-0.25, -0.2) is 0 Å². The van der Waals surface area contributed by atoms with Crippen molar-refractivity contribution >= 4 is 27.5 Å². The van der Waals surface area contributed by atoms with Gasteiger partial charge in [0.2, 0.25) is 0 Å². The third-order valence-electron chi connectivity index (χ3n) is 3.10. The van der Waals surface area contributed by atoms with Crippen LogP contribution in [0, 0.1) is 0 Å². The average molecular weight is 354 g/mol. The summed E-state index contributed by atoms with van der Waals surface area (Å²) in [5, 5.41) is 4.22. The Morgan fingerprint density at radius 1 is 1.20 bits per heavy atom. The minimum Gasteiger partial charge on any atom is -0.308 e. The number of pyridine rings is 1. The summed E-state index contributed by atoms with van der Waals surface area (Å²) in [4.78, 5) is 4.44. The van der Waals surface area contributed by atoms with Gasteiger partial charge in [-0.05, 0) is 49.2 Å². The number of halogens is 2.